The van der Waals surface area contributed by atoms with Gasteiger partial charge in [-0.15, -0.1) is 0 Å². The Bertz CT molecular complexity index is 529. The smallest absolute Gasteiger partial charge is 0.340 e. The molecule has 0 aliphatic heterocycles. The summed E-state index contributed by atoms with van der Waals surface area (Å²) < 4.78 is 6.42. The molecule has 0 radical (unpaired) electrons. The van der Waals surface area contributed by atoms with Gasteiger partial charge in [0.2, 0.25) is 0 Å². The monoisotopic (exact) mass is 204 g/mol. The fraction of sp³-hybridized carbons (Fsp3) is 0.273. The van der Waals surface area contributed by atoms with E-state index in [-0.39, 0.29) is 5.97 Å². The van der Waals surface area contributed by atoms with Crippen LogP contribution < -0.4 is 0 Å². The average molecular weight is 204 g/mol. The molecular weight excluding hydrogens is 192 g/mol. The first-order chi connectivity index (χ1) is 7.15. The predicted octanol–water partition coefficient (Wildman–Crippen LogP) is 1.67. The van der Waals surface area contributed by atoms with Crippen molar-refractivity contribution in [2.24, 2.45) is 7.05 Å². The Morgan fingerprint density at radius 3 is 2.87 bits per heavy atom. The van der Waals surface area contributed by atoms with Gasteiger partial charge in [0.05, 0.1) is 24.4 Å². The number of aryl methyl sites for hydroxylation is 2. The number of aromatic nitrogens is 2. The summed E-state index contributed by atoms with van der Waals surface area (Å²) in [5.41, 5.74) is 2.48. The fourth-order valence-corrected chi connectivity index (χ4v) is 1.70. The van der Waals surface area contributed by atoms with Crippen LogP contribution in [0.2, 0.25) is 0 Å². The molecule has 1 aromatic carbocycles. The molecule has 0 amide bonds. The number of nitrogens with zero attached hydrogens (tertiary/aromatic N) is 2. The molecule has 2 rings (SSSR count). The van der Waals surface area contributed by atoms with Crippen LogP contribution in [0.3, 0.4) is 0 Å². The van der Waals surface area contributed by atoms with Crippen molar-refractivity contribution in [1.82, 2.24) is 9.78 Å². The van der Waals surface area contributed by atoms with E-state index >= 15 is 0 Å². The highest BCUT2D eigenvalue weighted by molar-refractivity contribution is 6.03. The number of rotatable bonds is 1. The van der Waals surface area contributed by atoms with Crippen molar-refractivity contribution in [2.75, 3.05) is 7.11 Å². The summed E-state index contributed by atoms with van der Waals surface area (Å²) in [6.07, 6.45) is 1.76. The maximum Gasteiger partial charge on any atom is 0.340 e. The van der Waals surface area contributed by atoms with E-state index in [0.29, 0.717) is 5.56 Å². The van der Waals surface area contributed by atoms with Crippen LogP contribution in [0.15, 0.2) is 18.3 Å². The van der Waals surface area contributed by atoms with Crippen molar-refractivity contribution in [2.45, 2.75) is 6.92 Å². The number of hydrogen-bond donors (Lipinski definition) is 0. The van der Waals surface area contributed by atoms with Gasteiger partial charge in [-0.1, -0.05) is 6.07 Å². The highest BCUT2D eigenvalue weighted by atomic mass is 16.5. The molecule has 4 nitrogen and oxygen atoms in total. The molecule has 0 fully saturated rings. The lowest BCUT2D eigenvalue weighted by molar-refractivity contribution is 0.0602. The second-order valence-corrected chi connectivity index (χ2v) is 3.45. The number of carbonyl (C=O) groups excluding carboxylic acids is 1. The van der Waals surface area contributed by atoms with Gasteiger partial charge < -0.3 is 4.74 Å². The van der Waals surface area contributed by atoms with Crippen LogP contribution in [0.4, 0.5) is 0 Å². The van der Waals surface area contributed by atoms with Crippen molar-refractivity contribution < 1.29 is 9.53 Å². The SMILES string of the molecule is COC(=O)c1ccc(C)c2cnn(C)c12. The molecule has 0 atom stereocenters. The summed E-state index contributed by atoms with van der Waals surface area (Å²) in [5, 5.41) is 5.13. The van der Waals surface area contributed by atoms with E-state index in [1.165, 1.54) is 7.11 Å². The maximum absolute atomic E-state index is 11.5. The standard InChI is InChI=1S/C11H12N2O2/c1-7-4-5-8(11(14)15-3)10-9(7)6-12-13(10)2/h4-6H,1-3H3. The number of benzene rings is 1. The van der Waals surface area contributed by atoms with Gasteiger partial charge in [0.15, 0.2) is 0 Å². The lowest BCUT2D eigenvalue weighted by Crippen LogP contribution is -2.05. The predicted molar refractivity (Wildman–Crippen MR) is 56.8 cm³/mol. The van der Waals surface area contributed by atoms with E-state index in [4.69, 9.17) is 4.74 Å². The van der Waals surface area contributed by atoms with Gasteiger partial charge >= 0.3 is 5.97 Å². The van der Waals surface area contributed by atoms with Gasteiger partial charge in [0.25, 0.3) is 0 Å². The second kappa shape index (κ2) is 3.38. The number of methoxy groups -OCH3 is 1. The number of fused-ring (bicyclic) bond motifs is 1. The van der Waals surface area contributed by atoms with Crippen LogP contribution in [0.5, 0.6) is 0 Å². The average Bonchev–Trinajstić information content (AvgIpc) is 2.62. The summed E-state index contributed by atoms with van der Waals surface area (Å²) >= 11 is 0. The van der Waals surface area contributed by atoms with Crippen molar-refractivity contribution in [1.29, 1.82) is 0 Å². The van der Waals surface area contributed by atoms with E-state index < -0.39 is 0 Å². The minimum Gasteiger partial charge on any atom is -0.465 e. The van der Waals surface area contributed by atoms with Crippen LogP contribution in [-0.2, 0) is 11.8 Å². The number of ether oxygens (including phenoxy) is 1. The van der Waals surface area contributed by atoms with E-state index in [2.05, 4.69) is 5.10 Å². The minimum absolute atomic E-state index is 0.330. The second-order valence-electron chi connectivity index (χ2n) is 3.45. The topological polar surface area (TPSA) is 44.1 Å². The Labute approximate surface area is 87.5 Å². The first-order valence-electron chi connectivity index (χ1n) is 4.64. The van der Waals surface area contributed by atoms with Crippen LogP contribution in [0, 0.1) is 6.92 Å². The molecular formula is C11H12N2O2. The zero-order valence-electron chi connectivity index (χ0n) is 8.94. The van der Waals surface area contributed by atoms with Crippen molar-refractivity contribution in [3.63, 3.8) is 0 Å². The normalized spacial score (nSPS) is 10.6. The van der Waals surface area contributed by atoms with Gasteiger partial charge in [0.1, 0.15) is 0 Å². The van der Waals surface area contributed by atoms with Crippen LogP contribution >= 0.6 is 0 Å². The zero-order chi connectivity index (χ0) is 11.0. The van der Waals surface area contributed by atoms with Crippen LogP contribution in [0.25, 0.3) is 10.9 Å². The molecule has 0 unspecified atom stereocenters. The maximum atomic E-state index is 11.5. The Kier molecular flexibility index (Phi) is 2.19. The molecule has 0 spiro atoms. The molecule has 15 heavy (non-hydrogen) atoms. The number of carbonyl (C=O) groups is 1. The molecule has 0 saturated heterocycles. The minimum atomic E-state index is -0.330. The highest BCUT2D eigenvalue weighted by Crippen LogP contribution is 2.22. The molecule has 2 aromatic rings. The zero-order valence-corrected chi connectivity index (χ0v) is 8.94. The Morgan fingerprint density at radius 2 is 2.20 bits per heavy atom. The Balaban J connectivity index is 2.81. The van der Waals surface area contributed by atoms with E-state index in [9.17, 15) is 4.79 Å². The summed E-state index contributed by atoms with van der Waals surface area (Å²) in [5.74, 6) is -0.330. The van der Waals surface area contributed by atoms with Gasteiger partial charge in [-0.2, -0.15) is 5.10 Å². The van der Waals surface area contributed by atoms with Gasteiger partial charge in [-0.05, 0) is 18.6 Å². The number of hydrogen-bond acceptors (Lipinski definition) is 3. The lowest BCUT2D eigenvalue weighted by Gasteiger charge is -2.04. The summed E-state index contributed by atoms with van der Waals surface area (Å²) in [6, 6.07) is 3.67. The first-order valence-corrected chi connectivity index (χ1v) is 4.64. The van der Waals surface area contributed by atoms with Crippen LogP contribution in [-0.4, -0.2) is 22.9 Å². The molecule has 0 saturated carbocycles. The van der Waals surface area contributed by atoms with Crippen molar-refractivity contribution in [3.8, 4) is 0 Å². The first kappa shape index (κ1) is 9.71. The summed E-state index contributed by atoms with van der Waals surface area (Å²) in [4.78, 5) is 11.5. The largest absolute Gasteiger partial charge is 0.465 e. The third kappa shape index (κ3) is 1.38. The molecule has 78 valence electrons. The van der Waals surface area contributed by atoms with E-state index in [1.807, 2.05) is 20.0 Å². The van der Waals surface area contributed by atoms with Crippen molar-refractivity contribution >= 4 is 16.9 Å². The van der Waals surface area contributed by atoms with Gasteiger partial charge in [-0.25, -0.2) is 4.79 Å². The number of esters is 1. The van der Waals surface area contributed by atoms with E-state index in [1.54, 1.807) is 16.9 Å². The molecule has 0 aliphatic rings. The molecule has 0 aliphatic carbocycles. The molecule has 1 aromatic heterocycles. The van der Waals surface area contributed by atoms with Gasteiger partial charge in [0, 0.05) is 12.4 Å². The Hall–Kier alpha value is -1.84. The molecule has 0 N–H and O–H groups in total. The Morgan fingerprint density at radius 1 is 1.47 bits per heavy atom. The fourth-order valence-electron chi connectivity index (χ4n) is 1.70. The third-order valence-electron chi connectivity index (χ3n) is 2.52. The van der Waals surface area contributed by atoms with E-state index in [0.717, 1.165) is 16.5 Å². The quantitative estimate of drug-likeness (QED) is 0.664. The van der Waals surface area contributed by atoms with Crippen molar-refractivity contribution in [3.05, 3.63) is 29.5 Å². The third-order valence-corrected chi connectivity index (χ3v) is 2.52. The van der Waals surface area contributed by atoms with Gasteiger partial charge in [-0.3, -0.25) is 4.68 Å². The summed E-state index contributed by atoms with van der Waals surface area (Å²) in [6.45, 7) is 1.99. The summed E-state index contributed by atoms with van der Waals surface area (Å²) in [7, 11) is 3.19. The molecule has 4 heteroatoms. The molecule has 0 bridgehead atoms. The lowest BCUT2D eigenvalue weighted by atomic mass is 10.1. The molecule has 1 heterocycles. The van der Waals surface area contributed by atoms with Crippen LogP contribution in [0.1, 0.15) is 15.9 Å². The highest BCUT2D eigenvalue weighted by Gasteiger charge is 2.14.